The monoisotopic (exact) mass is 286 g/mol. The van der Waals surface area contributed by atoms with Crippen LogP contribution in [0.2, 0.25) is 0 Å². The molecule has 2 fully saturated rings. The standard InChI is InChI=1S/C13H18N2OS.ClH/c14-12-4-3-9-7-15(8-11(9)12)13(16)6-10-2-1-5-17-10;/h1-2,5,9,11-12H,3-4,6-8,14H2;1H. The van der Waals surface area contributed by atoms with E-state index >= 15 is 0 Å². The number of hydrogen-bond donors (Lipinski definition) is 1. The van der Waals surface area contributed by atoms with Gasteiger partial charge in [-0.05, 0) is 36.1 Å². The minimum Gasteiger partial charge on any atom is -0.342 e. The number of amides is 1. The molecule has 1 aliphatic carbocycles. The molecule has 0 bridgehead atoms. The van der Waals surface area contributed by atoms with Crippen LogP contribution in [0, 0.1) is 11.8 Å². The number of carbonyl (C=O) groups is 1. The summed E-state index contributed by atoms with van der Waals surface area (Å²) in [6.07, 6.45) is 2.91. The summed E-state index contributed by atoms with van der Waals surface area (Å²) in [4.78, 5) is 15.3. The van der Waals surface area contributed by atoms with E-state index in [1.165, 1.54) is 6.42 Å². The molecule has 1 aromatic rings. The average Bonchev–Trinajstić information content (AvgIpc) is 2.97. The van der Waals surface area contributed by atoms with Crippen molar-refractivity contribution in [2.45, 2.75) is 25.3 Å². The van der Waals surface area contributed by atoms with E-state index in [-0.39, 0.29) is 18.3 Å². The second kappa shape index (κ2) is 5.59. The van der Waals surface area contributed by atoms with Gasteiger partial charge in [0.05, 0.1) is 6.42 Å². The molecule has 1 amide bonds. The summed E-state index contributed by atoms with van der Waals surface area (Å²) in [5.41, 5.74) is 6.08. The van der Waals surface area contributed by atoms with Gasteiger partial charge in [0.15, 0.2) is 0 Å². The molecule has 3 rings (SSSR count). The summed E-state index contributed by atoms with van der Waals surface area (Å²) >= 11 is 1.66. The lowest BCUT2D eigenvalue weighted by Crippen LogP contribution is -2.34. The van der Waals surface area contributed by atoms with E-state index in [0.29, 0.717) is 24.3 Å². The van der Waals surface area contributed by atoms with Gasteiger partial charge in [-0.1, -0.05) is 6.07 Å². The molecule has 1 saturated carbocycles. The van der Waals surface area contributed by atoms with E-state index < -0.39 is 0 Å². The molecular weight excluding hydrogens is 268 g/mol. The normalized spacial score (nSPS) is 30.1. The topological polar surface area (TPSA) is 46.3 Å². The van der Waals surface area contributed by atoms with Crippen LogP contribution in [0.25, 0.3) is 0 Å². The van der Waals surface area contributed by atoms with Gasteiger partial charge in [-0.2, -0.15) is 0 Å². The largest absolute Gasteiger partial charge is 0.342 e. The molecule has 2 heterocycles. The Labute approximate surface area is 118 Å². The Morgan fingerprint density at radius 3 is 2.94 bits per heavy atom. The fourth-order valence-corrected chi connectivity index (χ4v) is 3.88. The third kappa shape index (κ3) is 2.56. The highest BCUT2D eigenvalue weighted by Crippen LogP contribution is 2.37. The zero-order valence-corrected chi connectivity index (χ0v) is 11.9. The number of nitrogens with two attached hydrogens (primary N) is 1. The smallest absolute Gasteiger partial charge is 0.227 e. The van der Waals surface area contributed by atoms with Crippen molar-refractivity contribution >= 4 is 29.7 Å². The molecule has 0 radical (unpaired) electrons. The predicted octanol–water partition coefficient (Wildman–Crippen LogP) is 1.91. The lowest BCUT2D eigenvalue weighted by atomic mass is 9.98. The molecule has 0 spiro atoms. The fourth-order valence-electron chi connectivity index (χ4n) is 3.19. The SMILES string of the molecule is Cl.NC1CCC2CN(C(=O)Cc3cccs3)CC12. The molecule has 2 aliphatic rings. The minimum atomic E-state index is 0. The number of fused-ring (bicyclic) bond motifs is 1. The van der Waals surface area contributed by atoms with Crippen LogP contribution in [0.15, 0.2) is 17.5 Å². The Kier molecular flexibility index (Phi) is 4.30. The van der Waals surface area contributed by atoms with Crippen molar-refractivity contribution < 1.29 is 4.79 Å². The van der Waals surface area contributed by atoms with Crippen LogP contribution in [-0.2, 0) is 11.2 Å². The van der Waals surface area contributed by atoms with Gasteiger partial charge < -0.3 is 10.6 Å². The fraction of sp³-hybridized carbons (Fsp3) is 0.615. The quantitative estimate of drug-likeness (QED) is 0.903. The zero-order chi connectivity index (χ0) is 11.8. The van der Waals surface area contributed by atoms with E-state index in [4.69, 9.17) is 5.73 Å². The first-order valence-electron chi connectivity index (χ1n) is 6.30. The maximum atomic E-state index is 12.1. The highest BCUT2D eigenvalue weighted by molar-refractivity contribution is 7.10. The third-order valence-corrected chi connectivity index (χ3v) is 5.05. The number of rotatable bonds is 2. The van der Waals surface area contributed by atoms with Crippen molar-refractivity contribution in [3.05, 3.63) is 22.4 Å². The minimum absolute atomic E-state index is 0. The molecular formula is C13H19ClN2OS. The van der Waals surface area contributed by atoms with Crippen LogP contribution in [0.5, 0.6) is 0 Å². The molecule has 3 atom stereocenters. The van der Waals surface area contributed by atoms with Gasteiger partial charge in [0.2, 0.25) is 5.91 Å². The molecule has 0 aromatic carbocycles. The molecule has 1 aliphatic heterocycles. The van der Waals surface area contributed by atoms with Crippen LogP contribution < -0.4 is 5.73 Å². The predicted molar refractivity (Wildman–Crippen MR) is 76.0 cm³/mol. The van der Waals surface area contributed by atoms with Crippen LogP contribution in [0.4, 0.5) is 0 Å². The van der Waals surface area contributed by atoms with E-state index in [0.717, 1.165) is 24.4 Å². The first kappa shape index (κ1) is 13.8. The lowest BCUT2D eigenvalue weighted by molar-refractivity contribution is -0.129. The molecule has 18 heavy (non-hydrogen) atoms. The number of hydrogen-bond acceptors (Lipinski definition) is 3. The number of likely N-dealkylation sites (tertiary alicyclic amines) is 1. The van der Waals surface area contributed by atoms with Crippen molar-refractivity contribution in [3.8, 4) is 0 Å². The Bertz CT molecular complexity index is 409. The second-order valence-electron chi connectivity index (χ2n) is 5.22. The molecule has 3 unspecified atom stereocenters. The van der Waals surface area contributed by atoms with Crippen molar-refractivity contribution in [1.29, 1.82) is 0 Å². The molecule has 5 heteroatoms. The van der Waals surface area contributed by atoms with Crippen molar-refractivity contribution in [1.82, 2.24) is 4.90 Å². The van der Waals surface area contributed by atoms with Gasteiger partial charge in [-0.15, -0.1) is 23.7 Å². The Morgan fingerprint density at radius 1 is 1.44 bits per heavy atom. The van der Waals surface area contributed by atoms with E-state index in [1.54, 1.807) is 11.3 Å². The Balaban J connectivity index is 0.00000120. The van der Waals surface area contributed by atoms with Crippen LogP contribution in [0.3, 0.4) is 0 Å². The highest BCUT2D eigenvalue weighted by Gasteiger charge is 2.42. The second-order valence-corrected chi connectivity index (χ2v) is 6.25. The number of thiophene rings is 1. The van der Waals surface area contributed by atoms with Gasteiger partial charge in [-0.3, -0.25) is 4.79 Å². The molecule has 2 N–H and O–H groups in total. The molecule has 1 aromatic heterocycles. The number of carbonyl (C=O) groups excluding carboxylic acids is 1. The van der Waals surface area contributed by atoms with Gasteiger partial charge >= 0.3 is 0 Å². The summed E-state index contributed by atoms with van der Waals surface area (Å²) in [6.45, 7) is 1.82. The highest BCUT2D eigenvalue weighted by atomic mass is 35.5. The number of nitrogens with zero attached hydrogens (tertiary/aromatic N) is 1. The van der Waals surface area contributed by atoms with Crippen molar-refractivity contribution in [2.24, 2.45) is 17.6 Å². The summed E-state index contributed by atoms with van der Waals surface area (Å²) in [7, 11) is 0. The average molecular weight is 287 g/mol. The molecule has 100 valence electrons. The van der Waals surface area contributed by atoms with Gasteiger partial charge in [0.25, 0.3) is 0 Å². The van der Waals surface area contributed by atoms with E-state index in [9.17, 15) is 4.79 Å². The van der Waals surface area contributed by atoms with Gasteiger partial charge in [0.1, 0.15) is 0 Å². The summed E-state index contributed by atoms with van der Waals surface area (Å²) < 4.78 is 0. The van der Waals surface area contributed by atoms with Crippen molar-refractivity contribution in [3.63, 3.8) is 0 Å². The Morgan fingerprint density at radius 2 is 2.28 bits per heavy atom. The summed E-state index contributed by atoms with van der Waals surface area (Å²) in [5, 5.41) is 2.03. The first-order chi connectivity index (χ1) is 8.24. The number of halogens is 1. The maximum Gasteiger partial charge on any atom is 0.227 e. The Hall–Kier alpha value is -0.580. The summed E-state index contributed by atoms with van der Waals surface area (Å²) in [5.74, 6) is 1.49. The molecule has 1 saturated heterocycles. The van der Waals surface area contributed by atoms with Crippen molar-refractivity contribution in [2.75, 3.05) is 13.1 Å². The summed E-state index contributed by atoms with van der Waals surface area (Å²) in [6, 6.07) is 4.35. The molecule has 3 nitrogen and oxygen atoms in total. The zero-order valence-electron chi connectivity index (χ0n) is 10.2. The van der Waals surface area contributed by atoms with Crippen LogP contribution >= 0.6 is 23.7 Å². The van der Waals surface area contributed by atoms with Gasteiger partial charge in [-0.25, -0.2) is 0 Å². The lowest BCUT2D eigenvalue weighted by Gasteiger charge is -2.18. The third-order valence-electron chi connectivity index (χ3n) is 4.17. The van der Waals surface area contributed by atoms with Crippen LogP contribution in [-0.4, -0.2) is 29.9 Å². The van der Waals surface area contributed by atoms with E-state index in [2.05, 4.69) is 0 Å². The maximum absolute atomic E-state index is 12.1. The van der Waals surface area contributed by atoms with Gasteiger partial charge in [0, 0.05) is 24.0 Å². The van der Waals surface area contributed by atoms with Crippen LogP contribution in [0.1, 0.15) is 17.7 Å². The van der Waals surface area contributed by atoms with E-state index in [1.807, 2.05) is 22.4 Å². The first-order valence-corrected chi connectivity index (χ1v) is 7.18.